The minimum absolute atomic E-state index is 0.0682. The summed E-state index contributed by atoms with van der Waals surface area (Å²) in [7, 11) is -2.20. The quantitative estimate of drug-likeness (QED) is 0.850. The lowest BCUT2D eigenvalue weighted by molar-refractivity contribution is 0.0935. The van der Waals surface area contributed by atoms with Crippen molar-refractivity contribution in [3.05, 3.63) is 23.8 Å². The predicted octanol–water partition coefficient (Wildman–Crippen LogP) is 2.01. The summed E-state index contributed by atoms with van der Waals surface area (Å²) >= 11 is 0. The fourth-order valence-corrected chi connectivity index (χ4v) is 4.79. The molecular formula is C17H24N2O4S. The fraction of sp³-hybridized carbons (Fsp3) is 0.588. The lowest BCUT2D eigenvalue weighted by Crippen LogP contribution is -2.34. The first-order valence-electron chi connectivity index (χ1n) is 8.42. The molecular weight excluding hydrogens is 328 g/mol. The van der Waals surface area contributed by atoms with Crippen molar-refractivity contribution in [1.29, 1.82) is 0 Å². The average molecular weight is 352 g/mol. The van der Waals surface area contributed by atoms with Crippen molar-refractivity contribution in [2.24, 2.45) is 5.92 Å². The highest BCUT2D eigenvalue weighted by Gasteiger charge is 2.32. The van der Waals surface area contributed by atoms with E-state index >= 15 is 0 Å². The number of hydrogen-bond donors (Lipinski definition) is 1. The van der Waals surface area contributed by atoms with E-state index in [0.29, 0.717) is 24.6 Å². The van der Waals surface area contributed by atoms with Gasteiger partial charge in [-0.25, -0.2) is 8.42 Å². The average Bonchev–Trinajstić information content (AvgIpc) is 3.28. The molecule has 0 aromatic heterocycles. The molecule has 6 nitrogen and oxygen atoms in total. The third-order valence-corrected chi connectivity index (χ3v) is 6.72. The molecule has 3 rings (SSSR count). The molecule has 2 aliphatic rings. The molecule has 1 aliphatic heterocycles. The second kappa shape index (κ2) is 6.72. The molecule has 24 heavy (non-hydrogen) atoms. The van der Waals surface area contributed by atoms with E-state index in [9.17, 15) is 13.2 Å². The van der Waals surface area contributed by atoms with Crippen LogP contribution in [0.5, 0.6) is 5.75 Å². The number of amides is 1. The topological polar surface area (TPSA) is 75.7 Å². The molecule has 0 bridgehead atoms. The predicted molar refractivity (Wildman–Crippen MR) is 90.6 cm³/mol. The number of sulfonamides is 1. The molecule has 7 heteroatoms. The van der Waals surface area contributed by atoms with Gasteiger partial charge in [0.1, 0.15) is 10.6 Å². The lowest BCUT2D eigenvalue weighted by Gasteiger charge is -2.19. The Bertz CT molecular complexity index is 722. The highest BCUT2D eigenvalue weighted by atomic mass is 32.2. The summed E-state index contributed by atoms with van der Waals surface area (Å²) in [5, 5.41) is 2.96. The Balaban J connectivity index is 1.88. The molecule has 1 aromatic carbocycles. The van der Waals surface area contributed by atoms with Gasteiger partial charge in [0, 0.05) is 24.7 Å². The van der Waals surface area contributed by atoms with E-state index in [4.69, 9.17) is 4.74 Å². The van der Waals surface area contributed by atoms with Gasteiger partial charge in [-0.15, -0.1) is 0 Å². The second-order valence-electron chi connectivity index (χ2n) is 6.58. The number of hydrogen-bond acceptors (Lipinski definition) is 4. The van der Waals surface area contributed by atoms with E-state index in [1.54, 1.807) is 12.1 Å². The summed E-state index contributed by atoms with van der Waals surface area (Å²) in [6, 6.07) is 4.70. The smallest absolute Gasteiger partial charge is 0.251 e. The van der Waals surface area contributed by atoms with Crippen LogP contribution in [-0.2, 0) is 10.0 Å². The lowest BCUT2D eigenvalue weighted by atomic mass is 10.1. The third-order valence-electron chi connectivity index (χ3n) is 4.80. The maximum absolute atomic E-state index is 12.8. The number of ether oxygens (including phenoxy) is 1. The van der Waals surface area contributed by atoms with Crippen LogP contribution in [0, 0.1) is 5.92 Å². The molecule has 0 spiro atoms. The number of rotatable bonds is 6. The van der Waals surface area contributed by atoms with Gasteiger partial charge in [0.25, 0.3) is 5.91 Å². The van der Waals surface area contributed by atoms with Crippen LogP contribution in [0.15, 0.2) is 23.1 Å². The van der Waals surface area contributed by atoms with Crippen LogP contribution in [0.1, 0.15) is 43.0 Å². The van der Waals surface area contributed by atoms with E-state index in [1.165, 1.54) is 17.5 Å². The van der Waals surface area contributed by atoms with Crippen LogP contribution in [0.2, 0.25) is 0 Å². The van der Waals surface area contributed by atoms with Crippen LogP contribution in [0.25, 0.3) is 0 Å². The molecule has 1 saturated carbocycles. The third kappa shape index (κ3) is 3.42. The molecule has 1 saturated heterocycles. The van der Waals surface area contributed by atoms with E-state index in [2.05, 4.69) is 5.32 Å². The zero-order valence-corrected chi connectivity index (χ0v) is 14.9. The fourth-order valence-electron chi connectivity index (χ4n) is 3.09. The van der Waals surface area contributed by atoms with Gasteiger partial charge in [0.15, 0.2) is 0 Å². The Morgan fingerprint density at radius 1 is 1.29 bits per heavy atom. The van der Waals surface area contributed by atoms with Crippen molar-refractivity contribution in [3.8, 4) is 5.75 Å². The van der Waals surface area contributed by atoms with Crippen LogP contribution in [0.4, 0.5) is 0 Å². The van der Waals surface area contributed by atoms with Gasteiger partial charge in [-0.05, 0) is 56.7 Å². The van der Waals surface area contributed by atoms with Gasteiger partial charge in [0.05, 0.1) is 7.11 Å². The zero-order chi connectivity index (χ0) is 17.3. The van der Waals surface area contributed by atoms with E-state index in [1.807, 2.05) is 6.92 Å². The van der Waals surface area contributed by atoms with Gasteiger partial charge in [-0.2, -0.15) is 4.31 Å². The maximum atomic E-state index is 12.8. The number of carbonyl (C=O) groups is 1. The van der Waals surface area contributed by atoms with E-state index in [0.717, 1.165) is 25.7 Å². The van der Waals surface area contributed by atoms with Crippen molar-refractivity contribution in [2.45, 2.75) is 43.5 Å². The summed E-state index contributed by atoms with van der Waals surface area (Å²) in [6.07, 6.45) is 4.00. The summed E-state index contributed by atoms with van der Waals surface area (Å²) in [5.74, 6) is 0.573. The zero-order valence-electron chi connectivity index (χ0n) is 14.1. The van der Waals surface area contributed by atoms with Crippen LogP contribution >= 0.6 is 0 Å². The standard InChI is InChI=1S/C17H24N2O4S/c1-12(13-5-6-13)18-17(20)14-7-8-15(23-2)16(11-14)24(21,22)19-9-3-4-10-19/h7-8,11-13H,3-6,9-10H2,1-2H3,(H,18,20). The Morgan fingerprint density at radius 2 is 1.96 bits per heavy atom. The molecule has 132 valence electrons. The molecule has 1 amide bonds. The van der Waals surface area contributed by atoms with E-state index in [-0.39, 0.29) is 22.6 Å². The molecule has 0 radical (unpaired) electrons. The van der Waals surface area contributed by atoms with Crippen molar-refractivity contribution >= 4 is 15.9 Å². The number of nitrogens with zero attached hydrogens (tertiary/aromatic N) is 1. The maximum Gasteiger partial charge on any atom is 0.251 e. The summed E-state index contributed by atoms with van der Waals surface area (Å²) in [5.41, 5.74) is 0.348. The summed E-state index contributed by atoms with van der Waals surface area (Å²) < 4.78 is 32.4. The molecule has 1 unspecified atom stereocenters. The molecule has 1 aromatic rings. The molecule has 2 fully saturated rings. The highest BCUT2D eigenvalue weighted by Crippen LogP contribution is 2.33. The molecule has 1 atom stereocenters. The number of benzene rings is 1. The Kier molecular flexibility index (Phi) is 4.83. The highest BCUT2D eigenvalue weighted by molar-refractivity contribution is 7.89. The number of methoxy groups -OCH3 is 1. The Morgan fingerprint density at radius 3 is 2.54 bits per heavy atom. The monoisotopic (exact) mass is 352 g/mol. The van der Waals surface area contributed by atoms with Crippen LogP contribution < -0.4 is 10.1 Å². The largest absolute Gasteiger partial charge is 0.495 e. The second-order valence-corrected chi connectivity index (χ2v) is 8.48. The normalized spacial score (nSPS) is 19.9. The summed E-state index contributed by atoms with van der Waals surface area (Å²) in [6.45, 7) is 3.02. The number of nitrogens with one attached hydrogen (secondary N) is 1. The first-order valence-corrected chi connectivity index (χ1v) is 9.86. The Labute approximate surface area is 143 Å². The number of carbonyl (C=O) groups excluding carboxylic acids is 1. The van der Waals surface area contributed by atoms with Crippen LogP contribution in [-0.4, -0.2) is 44.9 Å². The van der Waals surface area contributed by atoms with Crippen molar-refractivity contribution in [3.63, 3.8) is 0 Å². The summed E-state index contributed by atoms with van der Waals surface area (Å²) in [4.78, 5) is 12.5. The first-order chi connectivity index (χ1) is 11.4. The molecule has 1 heterocycles. The van der Waals surface area contributed by atoms with Gasteiger partial charge < -0.3 is 10.1 Å². The minimum atomic E-state index is -3.64. The SMILES string of the molecule is COc1ccc(C(=O)NC(C)C2CC2)cc1S(=O)(=O)N1CCCC1. The van der Waals surface area contributed by atoms with Gasteiger partial charge in [-0.1, -0.05) is 0 Å². The molecule has 1 N–H and O–H groups in total. The van der Waals surface area contributed by atoms with Gasteiger partial charge >= 0.3 is 0 Å². The Hall–Kier alpha value is -1.60. The van der Waals surface area contributed by atoms with Gasteiger partial charge in [-0.3, -0.25) is 4.79 Å². The van der Waals surface area contributed by atoms with Crippen molar-refractivity contribution in [2.75, 3.05) is 20.2 Å². The van der Waals surface area contributed by atoms with Crippen LogP contribution in [0.3, 0.4) is 0 Å². The minimum Gasteiger partial charge on any atom is -0.495 e. The molecule has 1 aliphatic carbocycles. The van der Waals surface area contributed by atoms with Crippen molar-refractivity contribution < 1.29 is 17.9 Å². The van der Waals surface area contributed by atoms with Gasteiger partial charge in [0.2, 0.25) is 10.0 Å². The first kappa shape index (κ1) is 17.2. The van der Waals surface area contributed by atoms with Crippen molar-refractivity contribution in [1.82, 2.24) is 9.62 Å². The van der Waals surface area contributed by atoms with E-state index < -0.39 is 10.0 Å².